The van der Waals surface area contributed by atoms with Gasteiger partial charge in [-0.2, -0.15) is 0 Å². The van der Waals surface area contributed by atoms with E-state index in [1.165, 1.54) is 25.5 Å². The Morgan fingerprint density at radius 1 is 1.29 bits per heavy atom. The summed E-state index contributed by atoms with van der Waals surface area (Å²) in [5.74, 6) is 0.906. The van der Waals surface area contributed by atoms with Crippen LogP contribution < -0.4 is 16.0 Å². The Kier molecular flexibility index (Phi) is 13.4. The van der Waals surface area contributed by atoms with Crippen molar-refractivity contribution in [2.24, 2.45) is 4.99 Å². The minimum absolute atomic E-state index is 0. The molecule has 0 aliphatic rings. The van der Waals surface area contributed by atoms with Crippen LogP contribution in [0.25, 0.3) is 0 Å². The summed E-state index contributed by atoms with van der Waals surface area (Å²) in [4.78, 5) is 16.2. The van der Waals surface area contributed by atoms with Gasteiger partial charge in [-0.25, -0.2) is 0 Å². The number of carbonyl (C=O) groups is 1. The van der Waals surface area contributed by atoms with E-state index in [1.54, 1.807) is 12.1 Å². The molecule has 1 atom stereocenters. The highest BCUT2D eigenvalue weighted by Crippen LogP contribution is 2.02. The van der Waals surface area contributed by atoms with Crippen LogP contribution in [0.3, 0.4) is 0 Å². The number of nitrogens with one attached hydrogen (secondary N) is 3. The molecule has 0 bridgehead atoms. The molecule has 1 heterocycles. The minimum Gasteiger partial charge on any atom is -0.459 e. The van der Waals surface area contributed by atoms with Gasteiger partial charge < -0.3 is 20.4 Å². The van der Waals surface area contributed by atoms with Gasteiger partial charge in [0.2, 0.25) is 0 Å². The number of halogens is 1. The number of hydrogen-bond acceptors (Lipinski definition) is 3. The van der Waals surface area contributed by atoms with Crippen molar-refractivity contribution in [3.05, 3.63) is 24.2 Å². The predicted octanol–water partition coefficient (Wildman–Crippen LogP) is 3.15. The minimum atomic E-state index is -0.212. The Bertz CT molecular complexity index is 463. The van der Waals surface area contributed by atoms with Crippen molar-refractivity contribution >= 4 is 35.8 Å². The third-order valence-electron chi connectivity index (χ3n) is 3.38. The zero-order valence-corrected chi connectivity index (χ0v) is 17.3. The first-order valence-corrected chi connectivity index (χ1v) is 8.53. The van der Waals surface area contributed by atoms with Gasteiger partial charge in [0.1, 0.15) is 0 Å². The van der Waals surface area contributed by atoms with Gasteiger partial charge in [0.25, 0.3) is 5.91 Å². The molecule has 138 valence electrons. The molecule has 0 aliphatic carbocycles. The van der Waals surface area contributed by atoms with Crippen LogP contribution in [0.5, 0.6) is 0 Å². The quantitative estimate of drug-likeness (QED) is 0.222. The molecule has 0 radical (unpaired) electrons. The number of amides is 1. The van der Waals surface area contributed by atoms with E-state index in [2.05, 4.69) is 34.8 Å². The Balaban J connectivity index is 0.00000529. The van der Waals surface area contributed by atoms with Crippen molar-refractivity contribution in [3.8, 4) is 0 Å². The van der Waals surface area contributed by atoms with Gasteiger partial charge in [-0.15, -0.1) is 24.0 Å². The second kappa shape index (κ2) is 14.1. The SMILES string of the molecule is CCCCCC(C)NC(=NCCNC(=O)c1ccco1)NCC.I. The normalized spacial score (nSPS) is 12.2. The maximum Gasteiger partial charge on any atom is 0.287 e. The molecule has 0 fully saturated rings. The first kappa shape index (κ1) is 22.8. The van der Waals surface area contributed by atoms with Gasteiger partial charge in [-0.05, 0) is 32.4 Å². The lowest BCUT2D eigenvalue weighted by molar-refractivity contribution is 0.0927. The maximum atomic E-state index is 11.7. The number of aliphatic imine (C=N–C) groups is 1. The molecular formula is C17H31IN4O2. The van der Waals surface area contributed by atoms with E-state index in [0.717, 1.165) is 18.9 Å². The molecule has 1 aromatic heterocycles. The Morgan fingerprint density at radius 3 is 2.71 bits per heavy atom. The summed E-state index contributed by atoms with van der Waals surface area (Å²) in [6, 6.07) is 3.72. The molecule has 1 unspecified atom stereocenters. The van der Waals surface area contributed by atoms with E-state index in [-0.39, 0.29) is 29.9 Å². The second-order valence-electron chi connectivity index (χ2n) is 5.54. The molecule has 7 heteroatoms. The standard InChI is InChI=1S/C17H30N4O2.HI/c1-4-6-7-9-14(3)21-17(18-5-2)20-12-11-19-16(22)15-10-8-13-23-15;/h8,10,13-14H,4-7,9,11-12H2,1-3H3,(H,19,22)(H2,18,20,21);1H. The lowest BCUT2D eigenvalue weighted by Crippen LogP contribution is -2.42. The Labute approximate surface area is 162 Å². The topological polar surface area (TPSA) is 78.7 Å². The number of rotatable bonds is 10. The van der Waals surface area contributed by atoms with Crippen molar-refractivity contribution in [1.82, 2.24) is 16.0 Å². The van der Waals surface area contributed by atoms with Gasteiger partial charge in [-0.3, -0.25) is 9.79 Å². The monoisotopic (exact) mass is 450 g/mol. The van der Waals surface area contributed by atoms with Crippen molar-refractivity contribution in [2.75, 3.05) is 19.6 Å². The number of carbonyl (C=O) groups excluding carboxylic acids is 1. The van der Waals surface area contributed by atoms with Crippen molar-refractivity contribution in [3.63, 3.8) is 0 Å². The van der Waals surface area contributed by atoms with E-state index >= 15 is 0 Å². The fraction of sp³-hybridized carbons (Fsp3) is 0.647. The molecule has 1 rings (SSSR count). The fourth-order valence-electron chi connectivity index (χ4n) is 2.16. The molecule has 0 saturated heterocycles. The smallest absolute Gasteiger partial charge is 0.287 e. The summed E-state index contributed by atoms with van der Waals surface area (Å²) in [7, 11) is 0. The third-order valence-corrected chi connectivity index (χ3v) is 3.38. The molecular weight excluding hydrogens is 419 g/mol. The number of furan rings is 1. The van der Waals surface area contributed by atoms with Crippen LogP contribution in [0.15, 0.2) is 27.8 Å². The van der Waals surface area contributed by atoms with E-state index in [0.29, 0.717) is 24.9 Å². The van der Waals surface area contributed by atoms with Gasteiger partial charge in [0.05, 0.1) is 12.8 Å². The van der Waals surface area contributed by atoms with E-state index in [4.69, 9.17) is 4.42 Å². The molecule has 0 saturated carbocycles. The number of nitrogens with zero attached hydrogens (tertiary/aromatic N) is 1. The predicted molar refractivity (Wildman–Crippen MR) is 109 cm³/mol. The van der Waals surface area contributed by atoms with Gasteiger partial charge in [0.15, 0.2) is 11.7 Å². The lowest BCUT2D eigenvalue weighted by Gasteiger charge is -2.17. The maximum absolute atomic E-state index is 11.7. The van der Waals surface area contributed by atoms with Crippen LogP contribution >= 0.6 is 24.0 Å². The third kappa shape index (κ3) is 9.79. The van der Waals surface area contributed by atoms with Crippen LogP contribution in [0.2, 0.25) is 0 Å². The molecule has 0 aromatic carbocycles. The molecule has 24 heavy (non-hydrogen) atoms. The van der Waals surface area contributed by atoms with Crippen LogP contribution in [-0.2, 0) is 0 Å². The van der Waals surface area contributed by atoms with E-state index in [1.807, 2.05) is 6.92 Å². The Morgan fingerprint density at radius 2 is 2.08 bits per heavy atom. The van der Waals surface area contributed by atoms with Gasteiger partial charge in [0, 0.05) is 19.1 Å². The summed E-state index contributed by atoms with van der Waals surface area (Å²) in [5, 5.41) is 9.41. The molecule has 0 aliphatic heterocycles. The molecule has 6 nitrogen and oxygen atoms in total. The van der Waals surface area contributed by atoms with Crippen molar-refractivity contribution < 1.29 is 9.21 Å². The summed E-state index contributed by atoms with van der Waals surface area (Å²) >= 11 is 0. The van der Waals surface area contributed by atoms with Crippen LogP contribution in [-0.4, -0.2) is 37.5 Å². The van der Waals surface area contributed by atoms with Crippen molar-refractivity contribution in [1.29, 1.82) is 0 Å². The zero-order chi connectivity index (χ0) is 16.9. The largest absolute Gasteiger partial charge is 0.459 e. The van der Waals surface area contributed by atoms with E-state index < -0.39 is 0 Å². The van der Waals surface area contributed by atoms with Crippen LogP contribution in [0.4, 0.5) is 0 Å². The lowest BCUT2D eigenvalue weighted by atomic mass is 10.1. The number of hydrogen-bond donors (Lipinski definition) is 3. The highest BCUT2D eigenvalue weighted by Gasteiger charge is 2.07. The summed E-state index contributed by atoms with van der Waals surface area (Å²) in [6.07, 6.45) is 6.34. The second-order valence-corrected chi connectivity index (χ2v) is 5.54. The highest BCUT2D eigenvalue weighted by atomic mass is 127. The first-order chi connectivity index (χ1) is 11.2. The molecule has 1 amide bonds. The average Bonchev–Trinajstić information content (AvgIpc) is 3.06. The first-order valence-electron chi connectivity index (χ1n) is 8.53. The fourth-order valence-corrected chi connectivity index (χ4v) is 2.16. The van der Waals surface area contributed by atoms with Gasteiger partial charge >= 0.3 is 0 Å². The van der Waals surface area contributed by atoms with Crippen LogP contribution in [0, 0.1) is 0 Å². The highest BCUT2D eigenvalue weighted by molar-refractivity contribution is 14.0. The average molecular weight is 450 g/mol. The molecule has 3 N–H and O–H groups in total. The van der Waals surface area contributed by atoms with E-state index in [9.17, 15) is 4.79 Å². The zero-order valence-electron chi connectivity index (χ0n) is 14.9. The summed E-state index contributed by atoms with van der Waals surface area (Å²) in [5.41, 5.74) is 0. The number of unbranched alkanes of at least 4 members (excludes halogenated alkanes) is 2. The summed E-state index contributed by atoms with van der Waals surface area (Å²) in [6.45, 7) is 8.22. The van der Waals surface area contributed by atoms with Crippen LogP contribution in [0.1, 0.15) is 57.0 Å². The molecule has 1 aromatic rings. The Hall–Kier alpha value is -1.25. The molecule has 0 spiro atoms. The van der Waals surface area contributed by atoms with Gasteiger partial charge in [-0.1, -0.05) is 26.2 Å². The van der Waals surface area contributed by atoms with Crippen molar-refractivity contribution in [2.45, 2.75) is 52.5 Å². The summed E-state index contributed by atoms with van der Waals surface area (Å²) < 4.78 is 5.04. The number of guanidine groups is 1.